The van der Waals surface area contributed by atoms with Gasteiger partial charge in [-0.15, -0.1) is 0 Å². The minimum absolute atomic E-state index is 0.252. The van der Waals surface area contributed by atoms with E-state index in [9.17, 15) is 9.59 Å². The normalized spacial score (nSPS) is 28.8. The van der Waals surface area contributed by atoms with Crippen molar-refractivity contribution in [3.05, 3.63) is 30.3 Å². The van der Waals surface area contributed by atoms with Crippen molar-refractivity contribution in [1.29, 1.82) is 0 Å². The molecule has 4 atom stereocenters. The molecule has 5 heteroatoms. The van der Waals surface area contributed by atoms with Crippen molar-refractivity contribution in [2.45, 2.75) is 70.4 Å². The van der Waals surface area contributed by atoms with Crippen LogP contribution in [0.5, 0.6) is 5.75 Å². The highest BCUT2D eigenvalue weighted by atomic mass is 16.5. The summed E-state index contributed by atoms with van der Waals surface area (Å²) in [7, 11) is 0. The van der Waals surface area contributed by atoms with Gasteiger partial charge in [0.2, 0.25) is 11.8 Å². The Balaban J connectivity index is 1.34. The molecule has 29 heavy (non-hydrogen) atoms. The van der Waals surface area contributed by atoms with Gasteiger partial charge in [-0.2, -0.15) is 0 Å². The van der Waals surface area contributed by atoms with E-state index in [1.807, 2.05) is 30.3 Å². The molecule has 3 aliphatic heterocycles. The maximum Gasteiger partial charge on any atom is 0.223 e. The van der Waals surface area contributed by atoms with E-state index in [0.29, 0.717) is 49.3 Å². The summed E-state index contributed by atoms with van der Waals surface area (Å²) in [5, 5.41) is 0. The summed E-state index contributed by atoms with van der Waals surface area (Å²) in [6, 6.07) is 10.4. The van der Waals surface area contributed by atoms with Crippen molar-refractivity contribution >= 4 is 11.8 Å². The van der Waals surface area contributed by atoms with Crippen LogP contribution in [0.15, 0.2) is 30.3 Å². The Labute approximate surface area is 174 Å². The number of hydrogen-bond acceptors (Lipinski definition) is 3. The molecule has 1 aromatic carbocycles. The fourth-order valence-corrected chi connectivity index (χ4v) is 5.73. The van der Waals surface area contributed by atoms with Crippen molar-refractivity contribution in [2.24, 2.45) is 11.8 Å². The molecule has 1 aromatic rings. The van der Waals surface area contributed by atoms with Gasteiger partial charge in [0.1, 0.15) is 5.75 Å². The molecule has 5 nitrogen and oxygen atoms in total. The summed E-state index contributed by atoms with van der Waals surface area (Å²) in [4.78, 5) is 30.0. The molecule has 4 rings (SSSR count). The number of carbonyl (C=O) groups is 2. The number of nitrogens with zero attached hydrogens (tertiary/aromatic N) is 2. The number of carbonyl (C=O) groups excluding carboxylic acids is 2. The van der Waals surface area contributed by atoms with Gasteiger partial charge in [-0.3, -0.25) is 9.59 Å². The molecule has 0 unspecified atom stereocenters. The average molecular weight is 399 g/mol. The number of piperidine rings is 3. The van der Waals surface area contributed by atoms with Crippen LogP contribution in [0.4, 0.5) is 0 Å². The van der Waals surface area contributed by atoms with Crippen LogP contribution in [0.1, 0.15) is 58.3 Å². The lowest BCUT2D eigenvalue weighted by atomic mass is 9.71. The van der Waals surface area contributed by atoms with Crippen LogP contribution >= 0.6 is 0 Å². The van der Waals surface area contributed by atoms with E-state index < -0.39 is 0 Å². The number of amides is 2. The summed E-state index contributed by atoms with van der Waals surface area (Å²) < 4.78 is 5.73. The third kappa shape index (κ3) is 4.44. The fraction of sp³-hybridized carbons (Fsp3) is 0.667. The van der Waals surface area contributed by atoms with E-state index in [-0.39, 0.29) is 5.91 Å². The monoisotopic (exact) mass is 398 g/mol. The molecule has 0 radical (unpaired) electrons. The number of hydrogen-bond donors (Lipinski definition) is 0. The number of fused-ring (bicyclic) bond motifs is 4. The number of ether oxygens (including phenoxy) is 1. The van der Waals surface area contributed by atoms with E-state index in [4.69, 9.17) is 4.74 Å². The van der Waals surface area contributed by atoms with Crippen LogP contribution in [0.25, 0.3) is 0 Å². The van der Waals surface area contributed by atoms with Gasteiger partial charge in [-0.05, 0) is 56.1 Å². The smallest absolute Gasteiger partial charge is 0.223 e. The quantitative estimate of drug-likeness (QED) is 0.655. The Morgan fingerprint density at radius 1 is 1.17 bits per heavy atom. The average Bonchev–Trinajstić information content (AvgIpc) is 2.75. The van der Waals surface area contributed by atoms with Crippen LogP contribution in [0, 0.1) is 11.8 Å². The maximum absolute atomic E-state index is 12.9. The Bertz CT molecular complexity index is 707. The van der Waals surface area contributed by atoms with E-state index in [0.717, 1.165) is 50.9 Å². The molecule has 3 heterocycles. The van der Waals surface area contributed by atoms with Crippen LogP contribution in [0.3, 0.4) is 0 Å². The zero-order chi connectivity index (χ0) is 20.2. The molecule has 2 amide bonds. The standard InChI is InChI=1S/C24H34N2O3/c1-2-8-21-18-15-19(22-11-6-12-24(28)26(21)22)17-25(16-18)23(27)13-7-14-29-20-9-4-3-5-10-20/h3-5,9-10,18-19,21-22H,2,6-8,11-17H2,1H3/t18-,19+,21-,22-/m0/s1. The zero-order valence-electron chi connectivity index (χ0n) is 17.6. The lowest BCUT2D eigenvalue weighted by molar-refractivity contribution is -0.156. The highest BCUT2D eigenvalue weighted by molar-refractivity contribution is 5.78. The number of benzene rings is 1. The van der Waals surface area contributed by atoms with Gasteiger partial charge in [-0.25, -0.2) is 0 Å². The van der Waals surface area contributed by atoms with Gasteiger partial charge >= 0.3 is 0 Å². The first kappa shape index (κ1) is 20.2. The van der Waals surface area contributed by atoms with Crippen molar-refractivity contribution < 1.29 is 14.3 Å². The van der Waals surface area contributed by atoms with Crippen LogP contribution in [-0.2, 0) is 9.59 Å². The highest BCUT2D eigenvalue weighted by Gasteiger charge is 2.49. The van der Waals surface area contributed by atoms with Gasteiger partial charge in [0.15, 0.2) is 0 Å². The molecule has 0 spiro atoms. The predicted octanol–water partition coefficient (Wildman–Crippen LogP) is 3.87. The highest BCUT2D eigenvalue weighted by Crippen LogP contribution is 2.43. The predicted molar refractivity (Wildman–Crippen MR) is 113 cm³/mol. The summed E-state index contributed by atoms with van der Waals surface area (Å²) in [6.45, 7) is 4.41. The Morgan fingerprint density at radius 3 is 2.76 bits per heavy atom. The van der Waals surface area contributed by atoms with E-state index in [2.05, 4.69) is 16.7 Å². The van der Waals surface area contributed by atoms with Crippen molar-refractivity contribution in [2.75, 3.05) is 19.7 Å². The van der Waals surface area contributed by atoms with Gasteiger partial charge in [0.05, 0.1) is 6.61 Å². The molecule has 0 N–H and O–H groups in total. The lowest BCUT2D eigenvalue weighted by Gasteiger charge is -2.56. The van der Waals surface area contributed by atoms with Crippen LogP contribution in [-0.4, -0.2) is 53.4 Å². The third-order valence-electron chi connectivity index (χ3n) is 6.98. The molecule has 3 saturated heterocycles. The Kier molecular flexibility index (Phi) is 6.41. The van der Waals surface area contributed by atoms with E-state index in [1.54, 1.807) is 0 Å². The fourth-order valence-electron chi connectivity index (χ4n) is 5.73. The Morgan fingerprint density at radius 2 is 1.97 bits per heavy atom. The summed E-state index contributed by atoms with van der Waals surface area (Å²) >= 11 is 0. The number of rotatable bonds is 7. The minimum Gasteiger partial charge on any atom is -0.494 e. The first-order valence-corrected chi connectivity index (χ1v) is 11.4. The van der Waals surface area contributed by atoms with Crippen molar-refractivity contribution in [3.63, 3.8) is 0 Å². The topological polar surface area (TPSA) is 49.9 Å². The van der Waals surface area contributed by atoms with Crippen LogP contribution in [0.2, 0.25) is 0 Å². The molecule has 0 aromatic heterocycles. The van der Waals surface area contributed by atoms with Crippen LogP contribution < -0.4 is 4.74 Å². The van der Waals surface area contributed by atoms with Gasteiger partial charge < -0.3 is 14.5 Å². The second-order valence-corrected chi connectivity index (χ2v) is 8.94. The molecule has 3 fully saturated rings. The number of para-hydroxylation sites is 1. The third-order valence-corrected chi connectivity index (χ3v) is 6.98. The minimum atomic E-state index is 0.252. The van der Waals surface area contributed by atoms with Gasteiger partial charge in [0.25, 0.3) is 0 Å². The van der Waals surface area contributed by atoms with E-state index in [1.165, 1.54) is 6.42 Å². The lowest BCUT2D eigenvalue weighted by Crippen LogP contribution is -2.65. The summed E-state index contributed by atoms with van der Waals surface area (Å²) in [6.07, 6.45) is 7.44. The molecular weight excluding hydrogens is 364 g/mol. The molecule has 0 aliphatic carbocycles. The maximum atomic E-state index is 12.9. The molecule has 0 saturated carbocycles. The molecule has 3 aliphatic rings. The summed E-state index contributed by atoms with van der Waals surface area (Å²) in [5.41, 5.74) is 0. The Hall–Kier alpha value is -2.04. The molecule has 158 valence electrons. The summed E-state index contributed by atoms with van der Waals surface area (Å²) in [5.74, 6) is 2.36. The molecule has 2 bridgehead atoms. The zero-order valence-corrected chi connectivity index (χ0v) is 17.6. The van der Waals surface area contributed by atoms with E-state index >= 15 is 0 Å². The molecular formula is C24H34N2O3. The first-order valence-electron chi connectivity index (χ1n) is 11.4. The van der Waals surface area contributed by atoms with Crippen molar-refractivity contribution in [3.8, 4) is 5.75 Å². The number of likely N-dealkylation sites (tertiary alicyclic amines) is 1. The second-order valence-electron chi connectivity index (χ2n) is 8.94. The first-order chi connectivity index (χ1) is 14.2. The second kappa shape index (κ2) is 9.19. The van der Waals surface area contributed by atoms with Gasteiger partial charge in [-0.1, -0.05) is 31.5 Å². The van der Waals surface area contributed by atoms with Crippen molar-refractivity contribution in [1.82, 2.24) is 9.80 Å². The van der Waals surface area contributed by atoms with Gasteiger partial charge in [0, 0.05) is 38.0 Å². The SMILES string of the molecule is CCC[C@H]1[C@H]2C[C@H](CN(C(=O)CCCOc3ccccc3)C2)[C@@H]2CCCC(=O)N21. The largest absolute Gasteiger partial charge is 0.494 e.